The van der Waals surface area contributed by atoms with E-state index in [1.165, 1.54) is 39.9 Å². The molecule has 0 saturated carbocycles. The van der Waals surface area contributed by atoms with Gasteiger partial charge in [-0.25, -0.2) is 4.79 Å². The molecule has 0 amide bonds. The molecule has 5 aromatic rings. The predicted octanol–water partition coefficient (Wildman–Crippen LogP) is 7.64. The normalized spacial score (nSPS) is 11.3. The zero-order valence-corrected chi connectivity index (χ0v) is 24.5. The summed E-state index contributed by atoms with van der Waals surface area (Å²) < 4.78 is 59.3. The number of ether oxygens (including phenoxy) is 1. The lowest BCUT2D eigenvalue weighted by molar-refractivity contribution is -0.00950. The van der Waals surface area contributed by atoms with Gasteiger partial charge < -0.3 is 4.74 Å². The Hall–Kier alpha value is -4.31. The van der Waals surface area contributed by atoms with Crippen molar-refractivity contribution in [2.75, 3.05) is 6.61 Å². The summed E-state index contributed by atoms with van der Waals surface area (Å²) in [4.78, 5) is 13.0. The highest BCUT2D eigenvalue weighted by molar-refractivity contribution is 7.86. The van der Waals surface area contributed by atoms with E-state index < -0.39 is 27.9 Å². The van der Waals surface area contributed by atoms with Gasteiger partial charge in [-0.15, -0.1) is 0 Å². The first-order valence-corrected chi connectivity index (χ1v) is 15.6. The minimum Gasteiger partial charge on any atom is -0.454 e. The maximum atomic E-state index is 13.0. The molecule has 0 fully saturated rings. The molecule has 5 nitrogen and oxygen atoms in total. The van der Waals surface area contributed by atoms with Gasteiger partial charge in [-0.1, -0.05) is 121 Å². The van der Waals surface area contributed by atoms with Crippen molar-refractivity contribution in [3.63, 3.8) is 0 Å². The standard InChI is InChI=1S/C19H16S.C15H12F2O5S/c1-4-10-16(11-5-1)19(17-12-6-2-7-13-17)20-18-14-8-3-9-15-18;16-15(17,23(19,20)21)10-22-14(18)13-8-6-12(7-9-13)11-4-2-1-3-5-11/h1-15,19H;1-9H,10H2,(H,19,20,21)/p+1. The lowest BCUT2D eigenvalue weighted by Gasteiger charge is -2.13. The molecule has 9 heteroatoms. The largest absolute Gasteiger partial charge is 0.454 e. The monoisotopic (exact) mass is 619 g/mol. The zero-order chi connectivity index (χ0) is 30.7. The Morgan fingerprint density at radius 1 is 0.674 bits per heavy atom. The van der Waals surface area contributed by atoms with E-state index in [9.17, 15) is 22.0 Å². The van der Waals surface area contributed by atoms with Gasteiger partial charge in [0.1, 0.15) is 0 Å². The maximum Gasteiger partial charge on any atom is 0.402 e. The molecule has 0 aromatic heterocycles. The molecule has 0 spiro atoms. The molecule has 0 heterocycles. The lowest BCUT2D eigenvalue weighted by Crippen LogP contribution is -2.34. The smallest absolute Gasteiger partial charge is 0.402 e. The molecule has 5 rings (SSSR count). The van der Waals surface area contributed by atoms with Gasteiger partial charge in [0.25, 0.3) is 0 Å². The molecule has 43 heavy (non-hydrogen) atoms. The highest BCUT2D eigenvalue weighted by Crippen LogP contribution is 2.29. The fourth-order valence-corrected chi connectivity index (χ4v) is 5.50. The van der Waals surface area contributed by atoms with Crippen molar-refractivity contribution in [2.45, 2.75) is 15.4 Å². The highest BCUT2D eigenvalue weighted by atomic mass is 32.2. The average Bonchev–Trinajstić information content (AvgIpc) is 3.04. The van der Waals surface area contributed by atoms with Crippen molar-refractivity contribution in [1.82, 2.24) is 0 Å². The third-order valence-corrected chi connectivity index (χ3v) is 8.56. The van der Waals surface area contributed by atoms with Crippen molar-refractivity contribution in [3.05, 3.63) is 162 Å². The van der Waals surface area contributed by atoms with Crippen molar-refractivity contribution in [3.8, 4) is 11.1 Å². The van der Waals surface area contributed by atoms with Crippen LogP contribution >= 0.6 is 0 Å². The molecule has 0 saturated heterocycles. The van der Waals surface area contributed by atoms with E-state index in [4.69, 9.17) is 4.55 Å². The quantitative estimate of drug-likeness (QED) is 0.0794. The number of carbonyl (C=O) groups is 1. The second-order valence-corrected chi connectivity index (χ2v) is 12.2. The molecular weight excluding hydrogens is 590 g/mol. The van der Waals surface area contributed by atoms with E-state index in [0.717, 1.165) is 11.1 Å². The topological polar surface area (TPSA) is 80.7 Å². The number of rotatable bonds is 9. The molecule has 0 atom stereocenters. The van der Waals surface area contributed by atoms with Gasteiger partial charge in [-0.05, 0) is 35.4 Å². The fraction of sp³-hybridized carbons (Fsp3) is 0.0882. The summed E-state index contributed by atoms with van der Waals surface area (Å²) in [5.74, 6) is -1.12. The van der Waals surface area contributed by atoms with Crippen molar-refractivity contribution in [1.29, 1.82) is 0 Å². The molecular formula is C34H29F2O5S2+. The number of thiol groups is 1. The number of alkyl halides is 2. The van der Waals surface area contributed by atoms with Crippen LogP contribution in [0.15, 0.2) is 150 Å². The van der Waals surface area contributed by atoms with Crippen LogP contribution in [0.4, 0.5) is 8.78 Å². The van der Waals surface area contributed by atoms with E-state index in [-0.39, 0.29) is 5.56 Å². The van der Waals surface area contributed by atoms with E-state index >= 15 is 0 Å². The van der Waals surface area contributed by atoms with Crippen LogP contribution < -0.4 is 0 Å². The van der Waals surface area contributed by atoms with Gasteiger partial charge >= 0.3 is 21.3 Å². The highest BCUT2D eigenvalue weighted by Gasteiger charge is 2.45. The molecule has 0 unspecified atom stereocenters. The Labute approximate surface area is 253 Å². The van der Waals surface area contributed by atoms with Crippen LogP contribution in [0.1, 0.15) is 26.7 Å². The summed E-state index contributed by atoms with van der Waals surface area (Å²) in [5, 5.41) is -4.16. The first-order valence-electron chi connectivity index (χ1n) is 13.2. The molecule has 0 aliphatic heterocycles. The number of hydrogen-bond acceptors (Lipinski definition) is 4. The van der Waals surface area contributed by atoms with Gasteiger partial charge in [0, 0.05) is 22.9 Å². The molecule has 220 valence electrons. The Morgan fingerprint density at radius 3 is 1.56 bits per heavy atom. The van der Waals surface area contributed by atoms with Crippen molar-refractivity contribution >= 4 is 27.8 Å². The predicted molar refractivity (Wildman–Crippen MR) is 167 cm³/mol. The molecule has 0 radical (unpaired) electrons. The Kier molecular flexibility index (Phi) is 10.8. The van der Waals surface area contributed by atoms with Crippen LogP contribution in [-0.4, -0.2) is 30.8 Å². The number of esters is 1. The van der Waals surface area contributed by atoms with Crippen LogP contribution in [0.3, 0.4) is 0 Å². The Bertz CT molecular complexity index is 1640. The SMILES string of the molecule is O=C(OCC(F)(F)S(=O)(=O)O)c1ccc(-c2ccccc2)cc1.c1ccc([SH+]C(c2ccccc2)c2ccccc2)cc1. The van der Waals surface area contributed by atoms with Gasteiger partial charge in [0.2, 0.25) is 0 Å². The van der Waals surface area contributed by atoms with Gasteiger partial charge in [0.05, 0.1) is 5.56 Å². The Balaban J connectivity index is 0.000000198. The first-order chi connectivity index (χ1) is 20.6. The Morgan fingerprint density at radius 2 is 1.09 bits per heavy atom. The third kappa shape index (κ3) is 9.09. The molecule has 0 bridgehead atoms. The van der Waals surface area contributed by atoms with E-state index in [1.54, 1.807) is 12.1 Å². The average molecular weight is 620 g/mol. The van der Waals surface area contributed by atoms with Gasteiger partial charge in [-0.3, -0.25) is 4.55 Å². The van der Waals surface area contributed by atoms with Crippen LogP contribution in [0, 0.1) is 0 Å². The molecule has 1 N–H and O–H groups in total. The van der Waals surface area contributed by atoms with Crippen LogP contribution in [-0.2, 0) is 26.6 Å². The van der Waals surface area contributed by atoms with Gasteiger partial charge in [-0.2, -0.15) is 17.2 Å². The van der Waals surface area contributed by atoms with E-state index in [1.807, 2.05) is 30.3 Å². The fourth-order valence-electron chi connectivity index (χ4n) is 4.01. The summed E-state index contributed by atoms with van der Waals surface area (Å²) >= 11 is 1.32. The lowest BCUT2D eigenvalue weighted by atomic mass is 10.0. The number of hydrogen-bond donors (Lipinski definition) is 1. The van der Waals surface area contributed by atoms with Crippen molar-refractivity contribution in [2.24, 2.45) is 0 Å². The molecule has 0 aliphatic carbocycles. The molecule has 5 aromatic carbocycles. The minimum atomic E-state index is -5.63. The second-order valence-electron chi connectivity index (χ2n) is 9.32. The van der Waals surface area contributed by atoms with Gasteiger partial charge in [0.15, 0.2) is 16.8 Å². The second kappa shape index (κ2) is 14.7. The summed E-state index contributed by atoms with van der Waals surface area (Å²) in [6, 6.07) is 47.4. The summed E-state index contributed by atoms with van der Waals surface area (Å²) in [7, 11) is -5.63. The van der Waals surface area contributed by atoms with Crippen LogP contribution in [0.2, 0.25) is 0 Å². The van der Waals surface area contributed by atoms with E-state index in [2.05, 4.69) is 95.7 Å². The third-order valence-electron chi connectivity index (χ3n) is 6.24. The van der Waals surface area contributed by atoms with E-state index in [0.29, 0.717) is 5.25 Å². The minimum absolute atomic E-state index is 0.0178. The first kappa shape index (κ1) is 31.6. The number of carbonyl (C=O) groups excluding carboxylic acids is 1. The zero-order valence-electron chi connectivity index (χ0n) is 22.8. The number of halogens is 2. The summed E-state index contributed by atoms with van der Waals surface area (Å²) in [5.41, 5.74) is 4.43. The maximum absolute atomic E-state index is 13.0. The summed E-state index contributed by atoms with van der Waals surface area (Å²) in [6.07, 6.45) is 0. The van der Waals surface area contributed by atoms with Crippen LogP contribution in [0.25, 0.3) is 11.1 Å². The van der Waals surface area contributed by atoms with Crippen molar-refractivity contribution < 1.29 is 31.3 Å². The molecule has 0 aliphatic rings. The van der Waals surface area contributed by atoms with Crippen LogP contribution in [0.5, 0.6) is 0 Å². The number of benzene rings is 5. The summed E-state index contributed by atoms with van der Waals surface area (Å²) in [6.45, 7) is -1.76.